The van der Waals surface area contributed by atoms with E-state index in [4.69, 9.17) is 4.74 Å². The molecule has 5 aromatic carbocycles. The summed E-state index contributed by atoms with van der Waals surface area (Å²) in [6, 6.07) is 31.7. The summed E-state index contributed by atoms with van der Waals surface area (Å²) in [4.78, 5) is 16.1. The summed E-state index contributed by atoms with van der Waals surface area (Å²) in [5, 5.41) is 36.3. The van der Waals surface area contributed by atoms with Crippen LogP contribution in [0, 0.1) is 0 Å². The lowest BCUT2D eigenvalue weighted by atomic mass is 10.1. The van der Waals surface area contributed by atoms with E-state index in [1.165, 1.54) is 11.3 Å². The minimum absolute atomic E-state index is 0.232. The predicted molar refractivity (Wildman–Crippen MR) is 193 cm³/mol. The zero-order valence-electron chi connectivity index (χ0n) is 26.9. The van der Waals surface area contributed by atoms with Gasteiger partial charge in [0.15, 0.2) is 5.69 Å². The number of nitrogens with one attached hydrogen (secondary N) is 1. The van der Waals surface area contributed by atoms with Crippen molar-refractivity contribution in [3.63, 3.8) is 0 Å². The van der Waals surface area contributed by atoms with Crippen LogP contribution < -0.4 is 5.32 Å². The Kier molecular flexibility index (Phi) is 10.3. The fourth-order valence-corrected chi connectivity index (χ4v) is 5.49. The Balaban J connectivity index is 1.18. The number of hydrogen-bond acceptors (Lipinski definition) is 11. The number of nitrogens with zero attached hydrogens (tertiary/aromatic N) is 7. The third-order valence-corrected chi connectivity index (χ3v) is 8.30. The maximum absolute atomic E-state index is 12.0. The second-order valence-corrected chi connectivity index (χ2v) is 11.9. The summed E-state index contributed by atoms with van der Waals surface area (Å²) in [6.07, 6.45) is 1.79. The molecule has 10 nitrogen and oxygen atoms in total. The Bertz CT molecular complexity index is 2140. The average molecular weight is 655 g/mol. The molecule has 0 saturated carbocycles. The fourth-order valence-electron chi connectivity index (χ4n) is 4.88. The van der Waals surface area contributed by atoms with Crippen molar-refractivity contribution < 1.29 is 9.53 Å². The summed E-state index contributed by atoms with van der Waals surface area (Å²) in [5.41, 5.74) is 4.88. The van der Waals surface area contributed by atoms with Gasteiger partial charge >= 0.3 is 5.97 Å². The summed E-state index contributed by atoms with van der Waals surface area (Å²) >= 11 is 1.23. The smallest absolute Gasteiger partial charge is 0.357 e. The van der Waals surface area contributed by atoms with Crippen LogP contribution in [0.3, 0.4) is 0 Å². The molecule has 0 spiro atoms. The number of hydrogen-bond donors (Lipinski definition) is 1. The van der Waals surface area contributed by atoms with E-state index in [1.807, 2.05) is 73.7 Å². The van der Waals surface area contributed by atoms with Gasteiger partial charge in [-0.3, -0.25) is 0 Å². The Morgan fingerprint density at radius 3 is 1.81 bits per heavy atom. The molecule has 0 saturated heterocycles. The maximum Gasteiger partial charge on any atom is 0.357 e. The number of aromatic nitrogens is 1. The van der Waals surface area contributed by atoms with Crippen LogP contribution in [-0.4, -0.2) is 23.6 Å². The van der Waals surface area contributed by atoms with Gasteiger partial charge in [0.2, 0.25) is 5.13 Å². The number of ether oxygens (including phenoxy) is 1. The number of carbonyl (C=O) groups excluding carboxylic acids is 1. The zero-order chi connectivity index (χ0) is 33.3. The highest BCUT2D eigenvalue weighted by Gasteiger charge is 2.12. The number of rotatable bonds is 12. The van der Waals surface area contributed by atoms with Crippen LogP contribution in [0.5, 0.6) is 0 Å². The Hall–Kier alpha value is -5.68. The van der Waals surface area contributed by atoms with E-state index in [1.54, 1.807) is 17.5 Å². The molecule has 6 aromatic rings. The van der Waals surface area contributed by atoms with Crippen molar-refractivity contribution in [1.82, 2.24) is 4.98 Å². The van der Waals surface area contributed by atoms with Gasteiger partial charge in [-0.2, -0.15) is 5.11 Å². The van der Waals surface area contributed by atoms with E-state index in [2.05, 4.69) is 73.0 Å². The molecular formula is C37H34N8O2S. The second kappa shape index (κ2) is 15.3. The van der Waals surface area contributed by atoms with Crippen LogP contribution in [-0.2, 0) is 4.74 Å². The topological polar surface area (TPSA) is 125 Å². The van der Waals surface area contributed by atoms with Gasteiger partial charge in [0.25, 0.3) is 0 Å². The van der Waals surface area contributed by atoms with Crippen molar-refractivity contribution in [2.45, 2.75) is 39.7 Å². The highest BCUT2D eigenvalue weighted by molar-refractivity contribution is 7.13. The lowest BCUT2D eigenvalue weighted by Crippen LogP contribution is -2.13. The molecule has 0 aliphatic heterocycles. The maximum atomic E-state index is 12.0. The third-order valence-electron chi connectivity index (χ3n) is 7.57. The fraction of sp³-hybridized carbons (Fsp3) is 0.189. The Labute approximate surface area is 282 Å². The molecule has 0 aliphatic carbocycles. The van der Waals surface area contributed by atoms with Crippen LogP contribution in [0.4, 0.5) is 39.3 Å². The SMILES string of the molecule is CCCOC(=O)c1csc(/N=N/c2ccc(/N=N/c3ccc(/N=N/c4ccc(NC(C)CC)c5ccccc45)c4ccccc34)cc2)n1. The van der Waals surface area contributed by atoms with E-state index >= 15 is 0 Å². The van der Waals surface area contributed by atoms with Gasteiger partial charge < -0.3 is 10.1 Å². The monoisotopic (exact) mass is 654 g/mol. The molecule has 0 aliphatic rings. The van der Waals surface area contributed by atoms with Gasteiger partial charge in [-0.15, -0.1) is 36.9 Å². The van der Waals surface area contributed by atoms with Gasteiger partial charge in [-0.05, 0) is 68.3 Å². The van der Waals surface area contributed by atoms with Crippen molar-refractivity contribution in [2.24, 2.45) is 30.7 Å². The van der Waals surface area contributed by atoms with Gasteiger partial charge in [-0.25, -0.2) is 9.78 Å². The number of anilines is 1. The molecule has 11 heteroatoms. The van der Waals surface area contributed by atoms with Crippen LogP contribution in [0.25, 0.3) is 21.5 Å². The molecule has 1 aromatic heterocycles. The van der Waals surface area contributed by atoms with E-state index in [-0.39, 0.29) is 5.69 Å². The number of carbonyl (C=O) groups is 1. The number of azo groups is 3. The van der Waals surface area contributed by atoms with Gasteiger partial charge in [0, 0.05) is 38.7 Å². The highest BCUT2D eigenvalue weighted by Crippen LogP contribution is 2.37. The summed E-state index contributed by atoms with van der Waals surface area (Å²) in [6.45, 7) is 6.64. The lowest BCUT2D eigenvalue weighted by molar-refractivity contribution is 0.0499. The van der Waals surface area contributed by atoms with E-state index in [9.17, 15) is 4.79 Å². The lowest BCUT2D eigenvalue weighted by Gasteiger charge is -2.15. The number of benzene rings is 5. The van der Waals surface area contributed by atoms with Crippen molar-refractivity contribution in [3.05, 3.63) is 108 Å². The Morgan fingerprint density at radius 1 is 0.708 bits per heavy atom. The van der Waals surface area contributed by atoms with Crippen molar-refractivity contribution >= 4 is 78.1 Å². The van der Waals surface area contributed by atoms with Crippen molar-refractivity contribution in [1.29, 1.82) is 0 Å². The molecule has 0 amide bonds. The third kappa shape index (κ3) is 7.64. The Morgan fingerprint density at radius 2 is 1.23 bits per heavy atom. The summed E-state index contributed by atoms with van der Waals surface area (Å²) in [5.74, 6) is -0.458. The molecular weight excluding hydrogens is 621 g/mol. The molecule has 48 heavy (non-hydrogen) atoms. The highest BCUT2D eigenvalue weighted by atomic mass is 32.1. The van der Waals surface area contributed by atoms with E-state index in [0.29, 0.717) is 29.2 Å². The van der Waals surface area contributed by atoms with Crippen LogP contribution in [0.1, 0.15) is 44.1 Å². The minimum Gasteiger partial charge on any atom is -0.461 e. The minimum atomic E-state index is -0.458. The predicted octanol–water partition coefficient (Wildman–Crippen LogP) is 12.5. The largest absolute Gasteiger partial charge is 0.461 e. The first-order valence-electron chi connectivity index (χ1n) is 15.8. The second-order valence-electron chi connectivity index (χ2n) is 11.0. The molecule has 1 unspecified atom stereocenters. The van der Waals surface area contributed by atoms with Crippen LogP contribution in [0.15, 0.2) is 133 Å². The number of esters is 1. The summed E-state index contributed by atoms with van der Waals surface area (Å²) in [7, 11) is 0. The van der Waals surface area contributed by atoms with Gasteiger partial charge in [-0.1, -0.05) is 62.4 Å². The normalized spacial score (nSPS) is 12.5. The van der Waals surface area contributed by atoms with E-state index in [0.717, 1.165) is 57.1 Å². The van der Waals surface area contributed by atoms with Gasteiger partial charge in [0.05, 0.1) is 35.0 Å². The standard InChI is InChI=1S/C37H34N8O2S/c1-4-22-47-36(46)35-23-48-37(39-35)45-41-26-16-14-25(15-17-26)40-42-32-20-21-34(30-13-9-8-12-29(30)32)44-43-33-19-18-31(38-24(3)5-2)27-10-6-7-11-28(27)33/h6-21,23-24,38H,4-5,22H2,1-3H3/b42-40+,44-43+,45-41+. The first kappa shape index (κ1) is 32.3. The summed E-state index contributed by atoms with van der Waals surface area (Å²) < 4.78 is 5.11. The average Bonchev–Trinajstić information content (AvgIpc) is 3.61. The molecule has 1 heterocycles. The number of fused-ring (bicyclic) bond motifs is 2. The van der Waals surface area contributed by atoms with Crippen LogP contribution >= 0.6 is 11.3 Å². The van der Waals surface area contributed by atoms with Gasteiger partial charge in [0.1, 0.15) is 0 Å². The molecule has 0 radical (unpaired) electrons. The van der Waals surface area contributed by atoms with Crippen molar-refractivity contribution in [2.75, 3.05) is 11.9 Å². The first-order chi connectivity index (χ1) is 23.5. The molecule has 0 bridgehead atoms. The molecule has 240 valence electrons. The number of thiazole rings is 1. The van der Waals surface area contributed by atoms with Crippen LogP contribution in [0.2, 0.25) is 0 Å². The molecule has 1 N–H and O–H groups in total. The zero-order valence-corrected chi connectivity index (χ0v) is 27.7. The first-order valence-corrected chi connectivity index (χ1v) is 16.7. The molecule has 6 rings (SSSR count). The molecule has 1 atom stereocenters. The molecule has 0 fully saturated rings. The van der Waals surface area contributed by atoms with E-state index < -0.39 is 5.97 Å². The van der Waals surface area contributed by atoms with Crippen molar-refractivity contribution in [3.8, 4) is 0 Å². The quantitative estimate of drug-likeness (QED) is 0.104.